The number of nitrogens with zero attached hydrogens (tertiary/aromatic N) is 1. The smallest absolute Gasteiger partial charge is 0.264 e. The topological polar surface area (TPSA) is 76.1 Å². The van der Waals surface area contributed by atoms with Crippen LogP contribution >= 0.6 is 0 Å². The van der Waals surface area contributed by atoms with Crippen LogP contribution in [0, 0.1) is 6.92 Å². The van der Waals surface area contributed by atoms with Crippen LogP contribution in [0.5, 0.6) is 11.5 Å². The van der Waals surface area contributed by atoms with Crippen molar-refractivity contribution in [1.29, 1.82) is 0 Å². The molecular formula is C26H25NO5. The summed E-state index contributed by atoms with van der Waals surface area (Å²) in [5, 5.41) is 11.5. The van der Waals surface area contributed by atoms with E-state index < -0.39 is 23.7 Å². The molecule has 0 bridgehead atoms. The number of hydrogen-bond donors (Lipinski definition) is 1. The maximum absolute atomic E-state index is 13.4. The van der Waals surface area contributed by atoms with E-state index in [1.165, 1.54) is 14.2 Å². The first-order valence-electron chi connectivity index (χ1n) is 10.3. The highest BCUT2D eigenvalue weighted by Crippen LogP contribution is 2.44. The predicted octanol–water partition coefficient (Wildman–Crippen LogP) is 4.02. The van der Waals surface area contributed by atoms with Gasteiger partial charge in [0.2, 0.25) is 0 Å². The number of anilines is 1. The van der Waals surface area contributed by atoms with Gasteiger partial charge in [-0.15, -0.1) is 0 Å². The second kappa shape index (κ2) is 8.48. The Labute approximate surface area is 187 Å². The van der Waals surface area contributed by atoms with Crippen molar-refractivity contribution in [2.75, 3.05) is 19.1 Å². The molecule has 0 radical (unpaired) electrons. The Morgan fingerprint density at radius 1 is 1.00 bits per heavy atom. The van der Waals surface area contributed by atoms with Crippen molar-refractivity contribution in [3.63, 3.8) is 0 Å². The molecule has 0 saturated carbocycles. The number of ketones is 1. The van der Waals surface area contributed by atoms with Gasteiger partial charge in [0, 0.05) is 11.6 Å². The molecule has 1 atom stereocenters. The Morgan fingerprint density at radius 3 is 2.41 bits per heavy atom. The molecular weight excluding hydrogens is 406 g/mol. The number of rotatable bonds is 7. The van der Waals surface area contributed by atoms with Gasteiger partial charge in [-0.2, -0.15) is 0 Å². The summed E-state index contributed by atoms with van der Waals surface area (Å²) < 4.78 is 10.5. The van der Waals surface area contributed by atoms with E-state index in [-0.39, 0.29) is 5.56 Å². The van der Waals surface area contributed by atoms with Gasteiger partial charge in [-0.25, -0.2) is 0 Å². The summed E-state index contributed by atoms with van der Waals surface area (Å²) in [4.78, 5) is 28.2. The molecule has 0 aromatic heterocycles. The first-order valence-corrected chi connectivity index (χ1v) is 10.3. The lowest BCUT2D eigenvalue weighted by molar-refractivity contribution is -0.136. The third kappa shape index (κ3) is 3.74. The quantitative estimate of drug-likeness (QED) is 0.572. The lowest BCUT2D eigenvalue weighted by Gasteiger charge is -2.23. The highest BCUT2D eigenvalue weighted by molar-refractivity contribution is 6.11. The molecule has 1 heterocycles. The highest BCUT2D eigenvalue weighted by atomic mass is 16.5. The summed E-state index contributed by atoms with van der Waals surface area (Å²) in [5.41, 5.74) is 1.42. The van der Waals surface area contributed by atoms with E-state index in [0.29, 0.717) is 29.3 Å². The zero-order valence-electron chi connectivity index (χ0n) is 18.3. The molecule has 3 aromatic carbocycles. The fourth-order valence-electron chi connectivity index (χ4n) is 4.07. The van der Waals surface area contributed by atoms with Crippen LogP contribution in [0.25, 0.3) is 0 Å². The van der Waals surface area contributed by atoms with Gasteiger partial charge in [-0.1, -0.05) is 48.0 Å². The SMILES string of the molecule is COc1ccc(C(=O)C[C@]2(O)C(=O)N(Cc3ccc(C)cc3)c3ccccc32)c(OC)c1. The third-order valence-electron chi connectivity index (χ3n) is 5.83. The Kier molecular flexibility index (Phi) is 5.72. The Morgan fingerprint density at radius 2 is 1.72 bits per heavy atom. The van der Waals surface area contributed by atoms with Gasteiger partial charge in [-0.05, 0) is 30.7 Å². The van der Waals surface area contributed by atoms with Gasteiger partial charge in [0.25, 0.3) is 5.91 Å². The minimum Gasteiger partial charge on any atom is -0.497 e. The third-order valence-corrected chi connectivity index (χ3v) is 5.83. The number of fused-ring (bicyclic) bond motifs is 1. The summed E-state index contributed by atoms with van der Waals surface area (Å²) in [7, 11) is 2.98. The molecule has 1 N–H and O–H groups in total. The van der Waals surface area contributed by atoms with Gasteiger partial charge in [0.15, 0.2) is 11.4 Å². The number of carbonyl (C=O) groups excluding carboxylic acids is 2. The fourth-order valence-corrected chi connectivity index (χ4v) is 4.07. The Hall–Kier alpha value is -3.64. The first kappa shape index (κ1) is 21.6. The van der Waals surface area contributed by atoms with E-state index >= 15 is 0 Å². The summed E-state index contributed by atoms with van der Waals surface area (Å²) in [6.45, 7) is 2.30. The van der Waals surface area contributed by atoms with Gasteiger partial charge >= 0.3 is 0 Å². The number of benzene rings is 3. The number of amides is 1. The maximum Gasteiger partial charge on any atom is 0.264 e. The number of hydrogen-bond acceptors (Lipinski definition) is 5. The summed E-state index contributed by atoms with van der Waals surface area (Å²) >= 11 is 0. The molecule has 0 aliphatic carbocycles. The number of para-hydroxylation sites is 1. The molecule has 0 unspecified atom stereocenters. The lowest BCUT2D eigenvalue weighted by Crippen LogP contribution is -2.41. The maximum atomic E-state index is 13.4. The molecule has 164 valence electrons. The lowest BCUT2D eigenvalue weighted by atomic mass is 9.88. The molecule has 0 saturated heterocycles. The van der Waals surface area contributed by atoms with Gasteiger partial charge in [0.1, 0.15) is 11.5 Å². The van der Waals surface area contributed by atoms with Crippen LogP contribution in [0.4, 0.5) is 5.69 Å². The zero-order chi connectivity index (χ0) is 22.9. The number of ether oxygens (including phenoxy) is 2. The number of Topliss-reactive ketones (excluding diaryl/α,β-unsaturated/α-hetero) is 1. The summed E-state index contributed by atoms with van der Waals surface area (Å²) in [6, 6.07) is 19.8. The molecule has 32 heavy (non-hydrogen) atoms. The molecule has 6 heteroatoms. The van der Waals surface area contributed by atoms with E-state index in [1.807, 2.05) is 37.3 Å². The first-order chi connectivity index (χ1) is 15.4. The van der Waals surface area contributed by atoms with Crippen molar-refractivity contribution < 1.29 is 24.2 Å². The molecule has 6 nitrogen and oxygen atoms in total. The highest BCUT2D eigenvalue weighted by Gasteiger charge is 2.51. The van der Waals surface area contributed by atoms with Crippen LogP contribution in [0.3, 0.4) is 0 Å². The molecule has 0 spiro atoms. The van der Waals surface area contributed by atoms with Gasteiger partial charge < -0.3 is 19.5 Å². The number of aliphatic hydroxyl groups is 1. The average Bonchev–Trinajstić information content (AvgIpc) is 3.01. The van der Waals surface area contributed by atoms with E-state index in [4.69, 9.17) is 9.47 Å². The van der Waals surface area contributed by atoms with Crippen LogP contribution in [-0.4, -0.2) is 31.0 Å². The largest absolute Gasteiger partial charge is 0.497 e. The normalized spacial score (nSPS) is 17.2. The van der Waals surface area contributed by atoms with E-state index in [9.17, 15) is 14.7 Å². The average molecular weight is 431 g/mol. The van der Waals surface area contributed by atoms with Crippen LogP contribution in [0.2, 0.25) is 0 Å². The molecule has 1 amide bonds. The summed E-state index contributed by atoms with van der Waals surface area (Å²) in [5.74, 6) is -0.0377. The van der Waals surface area contributed by atoms with Crippen molar-refractivity contribution in [3.8, 4) is 11.5 Å². The minimum atomic E-state index is -1.96. The minimum absolute atomic E-state index is 0.281. The van der Waals surface area contributed by atoms with E-state index in [1.54, 1.807) is 41.3 Å². The van der Waals surface area contributed by atoms with Crippen molar-refractivity contribution >= 4 is 17.4 Å². The van der Waals surface area contributed by atoms with Crippen molar-refractivity contribution in [1.82, 2.24) is 0 Å². The van der Waals surface area contributed by atoms with Crippen molar-refractivity contribution in [2.24, 2.45) is 0 Å². The van der Waals surface area contributed by atoms with Crippen LogP contribution in [0.15, 0.2) is 66.7 Å². The second-order valence-corrected chi connectivity index (χ2v) is 7.92. The Balaban J connectivity index is 1.67. The Bertz CT molecular complexity index is 1170. The van der Waals surface area contributed by atoms with Crippen LogP contribution in [0.1, 0.15) is 33.5 Å². The van der Waals surface area contributed by atoms with Gasteiger partial charge in [-0.3, -0.25) is 9.59 Å². The van der Waals surface area contributed by atoms with Crippen molar-refractivity contribution in [3.05, 3.63) is 89.0 Å². The van der Waals surface area contributed by atoms with E-state index in [0.717, 1.165) is 11.1 Å². The standard InChI is InChI=1S/C26H25NO5/c1-17-8-10-18(11-9-17)16-27-22-7-5-4-6-21(22)26(30,25(27)29)15-23(28)20-13-12-19(31-2)14-24(20)32-3/h4-14,30H,15-16H2,1-3H3/t26-/m1/s1. The van der Waals surface area contributed by atoms with Crippen LogP contribution in [-0.2, 0) is 16.9 Å². The molecule has 1 aliphatic rings. The molecule has 0 fully saturated rings. The molecule has 4 rings (SSSR count). The fraction of sp³-hybridized carbons (Fsp3) is 0.231. The number of methoxy groups -OCH3 is 2. The van der Waals surface area contributed by atoms with E-state index in [2.05, 4.69) is 0 Å². The molecule has 3 aromatic rings. The summed E-state index contributed by atoms with van der Waals surface area (Å²) in [6.07, 6.45) is -0.393. The predicted molar refractivity (Wildman–Crippen MR) is 121 cm³/mol. The van der Waals surface area contributed by atoms with Crippen molar-refractivity contribution in [2.45, 2.75) is 25.5 Å². The molecule has 1 aliphatic heterocycles. The second-order valence-electron chi connectivity index (χ2n) is 7.92. The van der Waals surface area contributed by atoms with Crippen LogP contribution < -0.4 is 14.4 Å². The monoisotopic (exact) mass is 431 g/mol. The number of aryl methyl sites for hydroxylation is 1. The van der Waals surface area contributed by atoms with Gasteiger partial charge in [0.05, 0.1) is 38.4 Å². The number of carbonyl (C=O) groups is 2. The zero-order valence-corrected chi connectivity index (χ0v) is 18.3.